The number of aromatic nitrogens is 10. The summed E-state index contributed by atoms with van der Waals surface area (Å²) in [7, 11) is 8.97. The molecule has 4 aromatic heterocycles. The lowest BCUT2D eigenvalue weighted by atomic mass is 9.89. The normalized spacial score (nSPS) is 15.5. The number of rotatable bonds is 11. The first-order chi connectivity index (χ1) is 30.7. The van der Waals surface area contributed by atoms with Crippen LogP contribution >= 0.6 is 0 Å². The van der Waals surface area contributed by atoms with Crippen LogP contribution in [0.15, 0.2) is 82.9 Å². The third kappa shape index (κ3) is 6.18. The molecular weight excluding hydrogens is 840 g/mol. The summed E-state index contributed by atoms with van der Waals surface area (Å²) in [5.74, 6) is -0.224. The second-order valence-electron chi connectivity index (χ2n) is 15.3. The van der Waals surface area contributed by atoms with Crippen molar-refractivity contribution in [2.75, 3.05) is 28.4 Å². The quantitative estimate of drug-likeness (QED) is 0.176. The average molecular weight is 881 g/mol. The fourth-order valence-electron chi connectivity index (χ4n) is 8.85. The molecular formula is C42H41FN10O11. The van der Waals surface area contributed by atoms with Crippen molar-refractivity contribution >= 4 is 22.1 Å². The highest BCUT2D eigenvalue weighted by Crippen LogP contribution is 2.42. The zero-order valence-corrected chi connectivity index (χ0v) is 35.4. The molecule has 0 spiro atoms. The first-order valence-corrected chi connectivity index (χ1v) is 20.0. The highest BCUT2D eigenvalue weighted by molar-refractivity contribution is 5.80. The first kappa shape index (κ1) is 41.4. The Morgan fingerprint density at radius 2 is 1.16 bits per heavy atom. The number of methoxy groups -OCH3 is 4. The van der Waals surface area contributed by atoms with Gasteiger partial charge in [-0.2, -0.15) is 0 Å². The van der Waals surface area contributed by atoms with E-state index in [0.29, 0.717) is 50.6 Å². The van der Waals surface area contributed by atoms with Gasteiger partial charge in [-0.15, -0.1) is 0 Å². The highest BCUT2D eigenvalue weighted by Gasteiger charge is 2.42. The van der Waals surface area contributed by atoms with Gasteiger partial charge in [-0.3, -0.25) is 9.59 Å². The predicted molar refractivity (Wildman–Crippen MR) is 227 cm³/mol. The van der Waals surface area contributed by atoms with Crippen molar-refractivity contribution < 1.29 is 28.4 Å². The van der Waals surface area contributed by atoms with Gasteiger partial charge < -0.3 is 33.2 Å². The zero-order valence-electron chi connectivity index (χ0n) is 35.4. The molecule has 64 heavy (non-hydrogen) atoms. The second-order valence-corrected chi connectivity index (χ2v) is 15.3. The molecule has 1 N–H and O–H groups in total. The van der Waals surface area contributed by atoms with E-state index in [1.54, 1.807) is 44.4 Å². The zero-order chi connectivity index (χ0) is 45.5. The van der Waals surface area contributed by atoms with Crippen LogP contribution in [0, 0.1) is 5.82 Å². The number of para-hydroxylation sites is 1. The van der Waals surface area contributed by atoms with Gasteiger partial charge in [-0.25, -0.2) is 61.4 Å². The van der Waals surface area contributed by atoms with Crippen molar-refractivity contribution in [2.45, 2.75) is 51.1 Å². The molecule has 0 saturated heterocycles. The molecule has 2 aliphatic heterocycles. The van der Waals surface area contributed by atoms with Gasteiger partial charge >= 0.3 is 22.8 Å². The molecule has 6 heterocycles. The van der Waals surface area contributed by atoms with Crippen LogP contribution in [0.3, 0.4) is 0 Å². The molecule has 0 aliphatic carbocycles. The van der Waals surface area contributed by atoms with E-state index in [1.807, 2.05) is 0 Å². The van der Waals surface area contributed by atoms with Gasteiger partial charge in [0, 0.05) is 69.9 Å². The van der Waals surface area contributed by atoms with E-state index >= 15 is 4.39 Å². The molecule has 0 fully saturated rings. The van der Waals surface area contributed by atoms with Crippen molar-refractivity contribution in [3.8, 4) is 28.7 Å². The van der Waals surface area contributed by atoms with Gasteiger partial charge in [0.15, 0.2) is 34.6 Å². The van der Waals surface area contributed by atoms with Gasteiger partial charge in [0.2, 0.25) is 0 Å². The van der Waals surface area contributed by atoms with Crippen LogP contribution in [0.4, 0.5) is 4.39 Å². The molecule has 0 bridgehead atoms. The van der Waals surface area contributed by atoms with Gasteiger partial charge in [0.25, 0.3) is 11.1 Å². The van der Waals surface area contributed by atoms with E-state index in [-0.39, 0.29) is 56.0 Å². The highest BCUT2D eigenvalue weighted by atomic mass is 19.1. The Bertz CT molecular complexity index is 3510. The fourth-order valence-corrected chi connectivity index (χ4v) is 8.85. The number of hydrogen-bond donors (Lipinski definition) is 1. The lowest BCUT2D eigenvalue weighted by Crippen LogP contribution is -2.47. The molecule has 332 valence electrons. The Hall–Kier alpha value is -7.91. The second kappa shape index (κ2) is 15.5. The number of halogens is 1. The number of ether oxygens (including phenoxy) is 4. The number of phenols is 1. The molecule has 0 amide bonds. The molecule has 22 heteroatoms. The monoisotopic (exact) mass is 880 g/mol. The van der Waals surface area contributed by atoms with Crippen molar-refractivity contribution in [1.82, 2.24) is 47.0 Å². The fraction of sp³-hybridized carbons (Fsp3) is 0.333. The van der Waals surface area contributed by atoms with E-state index in [0.717, 1.165) is 24.6 Å². The van der Waals surface area contributed by atoms with Gasteiger partial charge in [-0.1, -0.05) is 18.2 Å². The Morgan fingerprint density at radius 1 is 0.672 bits per heavy atom. The minimum Gasteiger partial charge on any atom is -0.505 e. The van der Waals surface area contributed by atoms with Crippen LogP contribution in [0.1, 0.15) is 29.0 Å². The van der Waals surface area contributed by atoms with Crippen molar-refractivity contribution in [3.05, 3.63) is 140 Å². The lowest BCUT2D eigenvalue weighted by Gasteiger charge is -2.37. The molecule has 2 unspecified atom stereocenters. The van der Waals surface area contributed by atoms with Crippen LogP contribution in [0.25, 0.3) is 22.1 Å². The number of aromatic hydroxyl groups is 1. The van der Waals surface area contributed by atoms with Crippen LogP contribution in [0.5, 0.6) is 28.7 Å². The average Bonchev–Trinajstić information content (AvgIpc) is 3.69. The van der Waals surface area contributed by atoms with Crippen molar-refractivity contribution in [2.24, 2.45) is 14.1 Å². The van der Waals surface area contributed by atoms with Gasteiger partial charge in [-0.05, 0) is 11.6 Å². The van der Waals surface area contributed by atoms with Crippen LogP contribution in [0.2, 0.25) is 0 Å². The minimum absolute atomic E-state index is 0.0482. The molecule has 2 atom stereocenters. The number of aryl methyl sites for hydroxylation is 4. The number of nitrogens with zero attached hydrogens (tertiary/aromatic N) is 10. The maximum absolute atomic E-state index is 15.1. The van der Waals surface area contributed by atoms with Crippen LogP contribution < -0.4 is 52.8 Å². The Labute approximate surface area is 358 Å². The summed E-state index contributed by atoms with van der Waals surface area (Å²) >= 11 is 0. The molecule has 0 saturated carbocycles. The number of hydrogen-bond acceptors (Lipinski definition) is 13. The number of phenolic OH excluding ortho intramolecular Hbond substituents is 1. The summed E-state index contributed by atoms with van der Waals surface area (Å²) in [6, 6.07) is 7.83. The van der Waals surface area contributed by atoms with E-state index in [1.165, 1.54) is 59.1 Å². The molecule has 0 radical (unpaired) electrons. The summed E-state index contributed by atoms with van der Waals surface area (Å²) < 4.78 is 45.8. The smallest absolute Gasteiger partial charge is 0.348 e. The summed E-state index contributed by atoms with van der Waals surface area (Å²) in [5.41, 5.74) is -1.95. The number of fused-ring (bicyclic) bond motifs is 6. The molecule has 9 rings (SSSR count). The van der Waals surface area contributed by atoms with Crippen molar-refractivity contribution in [3.63, 3.8) is 0 Å². The largest absolute Gasteiger partial charge is 0.505 e. The molecule has 7 aromatic rings. The summed E-state index contributed by atoms with van der Waals surface area (Å²) in [6.45, 7) is -1.03. The third-order valence-electron chi connectivity index (χ3n) is 12.1. The predicted octanol–water partition coefficient (Wildman–Crippen LogP) is 0.579. The third-order valence-corrected chi connectivity index (χ3v) is 12.1. The van der Waals surface area contributed by atoms with E-state index in [9.17, 15) is 33.9 Å². The molecule has 2 aliphatic rings. The van der Waals surface area contributed by atoms with E-state index < -0.39 is 57.5 Å². The SMILES string of the molecule is COc1cc2nc(CCn3c(=O)n4n(c3=O)C3Cn5c(=O)n(CCc6nc7cc(OC)c(OC)cc7n(C)c6=O)c(=O)n5C(c5cccc(F)c5O)C3=CC4)c(=O)n(C)c2cc1OC. The first-order valence-electron chi connectivity index (χ1n) is 20.0. The Balaban J connectivity index is 1.10. The van der Waals surface area contributed by atoms with Gasteiger partial charge in [0.1, 0.15) is 17.4 Å². The van der Waals surface area contributed by atoms with Crippen LogP contribution in [-0.4, -0.2) is 80.5 Å². The Kier molecular flexibility index (Phi) is 10.0. The molecule has 3 aromatic carbocycles. The summed E-state index contributed by atoms with van der Waals surface area (Å²) in [5, 5.41) is 11.1. The van der Waals surface area contributed by atoms with Gasteiger partial charge in [0.05, 0.1) is 69.6 Å². The maximum Gasteiger partial charge on any atom is 0.348 e. The van der Waals surface area contributed by atoms with E-state index in [4.69, 9.17) is 18.9 Å². The standard InChI is InChI=1S/C42H41FN10O11/c1-46-28-18-33(63-5)31(61-3)16-26(28)44-24(37(46)55)11-13-48-39(57)50-15-10-21-30(52(50)41(48)59)20-51-40(58)49(42(60)53(51)35(21)22-8-7-9-23(43)36(22)54)14-12-25-38(56)47(2)29-19-34(64-6)32(62-4)17-27(29)45-25/h7-10,16-19,30,35,54H,11-15,20H2,1-6H3. The lowest BCUT2D eigenvalue weighted by molar-refractivity contribution is 0.243. The molecule has 21 nitrogen and oxygen atoms in total. The van der Waals surface area contributed by atoms with E-state index in [2.05, 4.69) is 9.97 Å². The minimum atomic E-state index is -1.32. The summed E-state index contributed by atoms with van der Waals surface area (Å²) in [4.78, 5) is 93.2. The number of allylic oxidation sites excluding steroid dienone is 2. The maximum atomic E-state index is 15.1. The topological polar surface area (TPSA) is 225 Å². The number of benzene rings is 3. The summed E-state index contributed by atoms with van der Waals surface area (Å²) in [6.07, 6.45) is 1.34. The van der Waals surface area contributed by atoms with Crippen LogP contribution in [-0.2, 0) is 53.1 Å². The Morgan fingerprint density at radius 3 is 1.67 bits per heavy atom. The van der Waals surface area contributed by atoms with Crippen molar-refractivity contribution in [1.29, 1.82) is 0 Å².